The summed E-state index contributed by atoms with van der Waals surface area (Å²) in [5.74, 6) is -1.95. The lowest BCUT2D eigenvalue weighted by molar-refractivity contribution is -0.143. The zero-order valence-corrected chi connectivity index (χ0v) is 27.5. The first kappa shape index (κ1) is 37.2. The molecular formula is C34H45F6N3O3. The van der Waals surface area contributed by atoms with Gasteiger partial charge in [-0.3, -0.25) is 4.79 Å². The molecule has 2 aromatic rings. The molecule has 0 heterocycles. The highest BCUT2D eigenvalue weighted by molar-refractivity contribution is 5.84. The first-order valence-corrected chi connectivity index (χ1v) is 15.4. The maximum absolute atomic E-state index is 13.6. The second kappa shape index (κ2) is 13.8. The van der Waals surface area contributed by atoms with Crippen molar-refractivity contribution >= 4 is 12.0 Å². The summed E-state index contributed by atoms with van der Waals surface area (Å²) in [7, 11) is 0. The van der Waals surface area contributed by atoms with E-state index in [1.165, 1.54) is 6.92 Å². The van der Waals surface area contributed by atoms with E-state index in [9.17, 15) is 35.9 Å². The first-order chi connectivity index (χ1) is 21.0. The number of hydrogen-bond acceptors (Lipinski definition) is 4. The van der Waals surface area contributed by atoms with Crippen molar-refractivity contribution in [1.82, 2.24) is 15.5 Å². The molecule has 0 bridgehead atoms. The minimum atomic E-state index is -5.01. The van der Waals surface area contributed by atoms with E-state index in [0.29, 0.717) is 50.9 Å². The van der Waals surface area contributed by atoms with E-state index in [4.69, 9.17) is 4.74 Å². The Bertz CT molecular complexity index is 1310. The average molecular weight is 658 g/mol. The van der Waals surface area contributed by atoms with Crippen LogP contribution in [0.2, 0.25) is 0 Å². The molecule has 1 fully saturated rings. The van der Waals surface area contributed by atoms with E-state index in [2.05, 4.69) is 10.6 Å². The van der Waals surface area contributed by atoms with E-state index < -0.39 is 58.1 Å². The lowest BCUT2D eigenvalue weighted by Gasteiger charge is -2.42. The quantitative estimate of drug-likeness (QED) is 0.280. The van der Waals surface area contributed by atoms with Crippen LogP contribution >= 0.6 is 0 Å². The number of nitrogens with one attached hydrogen (secondary N) is 2. The molecule has 0 spiro atoms. The fourth-order valence-corrected chi connectivity index (χ4v) is 5.68. The molecule has 2 aromatic carbocycles. The van der Waals surface area contributed by atoms with Crippen molar-refractivity contribution in [2.45, 2.75) is 115 Å². The molecule has 0 saturated heterocycles. The van der Waals surface area contributed by atoms with E-state index in [1.54, 1.807) is 4.90 Å². The number of carbonyl (C=O) groups is 2. The van der Waals surface area contributed by atoms with Gasteiger partial charge in [0.25, 0.3) is 0 Å². The molecule has 3 rings (SSSR count). The van der Waals surface area contributed by atoms with E-state index in [-0.39, 0.29) is 17.7 Å². The normalized spacial score (nSPS) is 20.2. The predicted octanol–water partition coefficient (Wildman–Crippen LogP) is 8.41. The Hall–Kier alpha value is -3.28. The summed E-state index contributed by atoms with van der Waals surface area (Å²) >= 11 is 0. The molecule has 256 valence electrons. The van der Waals surface area contributed by atoms with Gasteiger partial charge in [0.2, 0.25) is 5.91 Å². The number of amides is 2. The van der Waals surface area contributed by atoms with Gasteiger partial charge in [-0.25, -0.2) is 4.79 Å². The molecule has 1 saturated carbocycles. The number of benzene rings is 2. The van der Waals surface area contributed by atoms with Gasteiger partial charge in [0.15, 0.2) is 0 Å². The van der Waals surface area contributed by atoms with Gasteiger partial charge in [0.05, 0.1) is 22.6 Å². The molecule has 1 aliphatic rings. The van der Waals surface area contributed by atoms with Crippen molar-refractivity contribution in [3.8, 4) is 0 Å². The predicted molar refractivity (Wildman–Crippen MR) is 164 cm³/mol. The molecule has 1 aliphatic carbocycles. The monoisotopic (exact) mass is 657 g/mol. The van der Waals surface area contributed by atoms with Gasteiger partial charge in [-0.15, -0.1) is 0 Å². The molecule has 1 atom stereocenters. The number of hydrogen-bond donors (Lipinski definition) is 2. The Balaban J connectivity index is 1.76. The van der Waals surface area contributed by atoms with Gasteiger partial charge in [-0.1, -0.05) is 30.3 Å². The minimum Gasteiger partial charge on any atom is -0.444 e. The van der Waals surface area contributed by atoms with Gasteiger partial charge in [-0.05, 0) is 103 Å². The van der Waals surface area contributed by atoms with Crippen LogP contribution in [0.5, 0.6) is 0 Å². The average Bonchev–Trinajstić information content (AvgIpc) is 2.93. The summed E-state index contributed by atoms with van der Waals surface area (Å²) < 4.78 is 86.5. The third-order valence-electron chi connectivity index (χ3n) is 8.22. The van der Waals surface area contributed by atoms with Crippen molar-refractivity contribution in [3.63, 3.8) is 0 Å². The van der Waals surface area contributed by atoms with Crippen molar-refractivity contribution < 1.29 is 40.7 Å². The van der Waals surface area contributed by atoms with Crippen molar-refractivity contribution in [1.29, 1.82) is 0 Å². The number of ether oxygens (including phenoxy) is 1. The molecule has 0 aliphatic heterocycles. The molecular weight excluding hydrogens is 612 g/mol. The minimum absolute atomic E-state index is 0.0576. The zero-order chi connectivity index (χ0) is 34.7. The number of halogens is 6. The largest absolute Gasteiger partial charge is 0.444 e. The summed E-state index contributed by atoms with van der Waals surface area (Å²) in [5.41, 5.74) is -4.46. The number of alkyl halides is 6. The highest BCUT2D eigenvalue weighted by atomic mass is 19.4. The summed E-state index contributed by atoms with van der Waals surface area (Å²) in [6.07, 6.45) is -8.20. The highest BCUT2D eigenvalue weighted by Crippen LogP contribution is 2.40. The molecule has 2 N–H and O–H groups in total. The second-order valence-electron chi connectivity index (χ2n) is 14.0. The van der Waals surface area contributed by atoms with Crippen LogP contribution in [0.4, 0.5) is 31.1 Å². The zero-order valence-electron chi connectivity index (χ0n) is 27.5. The summed E-state index contributed by atoms with van der Waals surface area (Å²) in [6.45, 7) is 13.4. The number of rotatable bonds is 8. The lowest BCUT2D eigenvalue weighted by atomic mass is 9.74. The van der Waals surface area contributed by atoms with Crippen LogP contribution < -0.4 is 10.6 Å². The second-order valence-corrected chi connectivity index (χ2v) is 14.0. The smallest absolute Gasteiger partial charge is 0.416 e. The topological polar surface area (TPSA) is 70.7 Å². The summed E-state index contributed by atoms with van der Waals surface area (Å²) in [6, 6.07) is 10.5. The Morgan fingerprint density at radius 1 is 0.891 bits per heavy atom. The molecule has 46 heavy (non-hydrogen) atoms. The summed E-state index contributed by atoms with van der Waals surface area (Å²) in [5, 5.41) is 6.51. The number of carbonyl (C=O) groups excluding carboxylic acids is 2. The van der Waals surface area contributed by atoms with Crippen LogP contribution in [0.25, 0.3) is 0 Å². The lowest BCUT2D eigenvalue weighted by Crippen LogP contribution is -2.53. The van der Waals surface area contributed by atoms with Crippen molar-refractivity contribution in [2.75, 3.05) is 13.1 Å². The van der Waals surface area contributed by atoms with Crippen LogP contribution in [0, 0.1) is 0 Å². The summed E-state index contributed by atoms with van der Waals surface area (Å²) in [4.78, 5) is 28.1. The van der Waals surface area contributed by atoms with Crippen LogP contribution in [0.1, 0.15) is 102 Å². The Morgan fingerprint density at radius 3 is 1.87 bits per heavy atom. The van der Waals surface area contributed by atoms with Crippen LogP contribution in [0.3, 0.4) is 0 Å². The maximum Gasteiger partial charge on any atom is 0.416 e. The van der Waals surface area contributed by atoms with E-state index in [0.717, 1.165) is 5.56 Å². The molecule has 0 unspecified atom stereocenters. The molecule has 6 nitrogen and oxygen atoms in total. The highest BCUT2D eigenvalue weighted by Gasteiger charge is 2.41. The molecule has 2 amide bonds. The van der Waals surface area contributed by atoms with Gasteiger partial charge < -0.3 is 20.3 Å². The molecule has 0 radical (unpaired) electrons. The SMILES string of the molecule is C[C@H](C(=O)NC1(c2ccccc2)CCC(NCCN(C(=O)OC(C)(C)C)C(C)(C)C)CC1)c1cc(C(F)(F)F)cc(C(F)(F)F)c1. The van der Waals surface area contributed by atoms with Crippen LogP contribution in [0.15, 0.2) is 48.5 Å². The Labute approximate surface area is 267 Å². The standard InChI is InChI=1S/C34H45F6N3O3/c1-22(23-19-25(33(35,36)37)21-26(20-23)34(38,39)40)28(44)42-32(24-11-9-8-10-12-24)15-13-27(14-16-32)41-17-18-43(30(2,3)4)29(45)46-31(5,6)7/h8-12,19-22,27,41H,13-18H2,1-7H3,(H,42,44)/t22-,27?,32?/m0/s1. The maximum atomic E-state index is 13.6. The fraction of sp³-hybridized carbons (Fsp3) is 0.588. The van der Waals surface area contributed by atoms with Gasteiger partial charge in [-0.2, -0.15) is 26.3 Å². The Kier molecular flexibility index (Phi) is 11.2. The first-order valence-electron chi connectivity index (χ1n) is 15.4. The van der Waals surface area contributed by atoms with Gasteiger partial charge in [0, 0.05) is 24.7 Å². The molecule has 12 heteroatoms. The Morgan fingerprint density at radius 2 is 1.41 bits per heavy atom. The van der Waals surface area contributed by atoms with Gasteiger partial charge >= 0.3 is 18.4 Å². The third kappa shape index (κ3) is 9.86. The van der Waals surface area contributed by atoms with E-state index in [1.807, 2.05) is 71.9 Å². The number of nitrogens with zero attached hydrogens (tertiary/aromatic N) is 1. The van der Waals surface area contributed by atoms with Crippen LogP contribution in [-0.4, -0.2) is 47.2 Å². The molecule has 0 aromatic heterocycles. The van der Waals surface area contributed by atoms with Crippen LogP contribution in [-0.2, 0) is 27.4 Å². The van der Waals surface area contributed by atoms with Crippen molar-refractivity contribution in [2.24, 2.45) is 0 Å². The van der Waals surface area contributed by atoms with Crippen molar-refractivity contribution in [3.05, 3.63) is 70.8 Å². The fourth-order valence-electron chi connectivity index (χ4n) is 5.68. The van der Waals surface area contributed by atoms with Gasteiger partial charge in [0.1, 0.15) is 5.60 Å². The van der Waals surface area contributed by atoms with E-state index >= 15 is 0 Å². The third-order valence-corrected chi connectivity index (χ3v) is 8.22.